The van der Waals surface area contributed by atoms with E-state index in [1.165, 1.54) is 18.5 Å². The predicted octanol–water partition coefficient (Wildman–Crippen LogP) is 4.08. The molecule has 0 aliphatic carbocycles. The maximum absolute atomic E-state index is 12.0. The van der Waals surface area contributed by atoms with Gasteiger partial charge in [-0.05, 0) is 55.7 Å². The van der Waals surface area contributed by atoms with Gasteiger partial charge in [-0.15, -0.1) is 0 Å². The summed E-state index contributed by atoms with van der Waals surface area (Å²) in [5.41, 5.74) is 2.09. The molecule has 1 heterocycles. The molecule has 1 aliphatic rings. The second-order valence-electron chi connectivity index (χ2n) is 6.05. The van der Waals surface area contributed by atoms with Crippen molar-refractivity contribution < 1.29 is 9.53 Å². The van der Waals surface area contributed by atoms with Crippen LogP contribution in [-0.2, 0) is 4.79 Å². The minimum atomic E-state index is 0.0283. The van der Waals surface area contributed by atoms with Crippen LogP contribution in [0.2, 0.25) is 0 Å². The van der Waals surface area contributed by atoms with Gasteiger partial charge in [0.1, 0.15) is 5.75 Å². The van der Waals surface area contributed by atoms with Gasteiger partial charge in [0.25, 0.3) is 0 Å². The molecule has 1 N–H and O–H groups in total. The molecule has 2 aromatic carbocycles. The number of amides is 1. The van der Waals surface area contributed by atoms with Crippen LogP contribution in [0.3, 0.4) is 0 Å². The summed E-state index contributed by atoms with van der Waals surface area (Å²) < 4.78 is 5.59. The van der Waals surface area contributed by atoms with Crippen molar-refractivity contribution >= 4 is 17.3 Å². The third kappa shape index (κ3) is 4.75. The SMILES string of the molecule is O=C(CCCOc1ccccc1)Nc1ccc(N2CCCC2)cc1. The lowest BCUT2D eigenvalue weighted by molar-refractivity contribution is -0.116. The molecular weight excluding hydrogens is 300 g/mol. The number of ether oxygens (including phenoxy) is 1. The zero-order chi connectivity index (χ0) is 16.6. The standard InChI is InChI=1S/C20H24N2O2/c23-20(9-6-16-24-19-7-2-1-3-8-19)21-17-10-12-18(13-11-17)22-14-4-5-15-22/h1-3,7-8,10-13H,4-6,9,14-16H2,(H,21,23). The lowest BCUT2D eigenvalue weighted by Crippen LogP contribution is -2.17. The zero-order valence-corrected chi connectivity index (χ0v) is 13.9. The molecule has 3 rings (SSSR count). The van der Waals surface area contributed by atoms with E-state index in [1.54, 1.807) is 0 Å². The van der Waals surface area contributed by atoms with Gasteiger partial charge in [0.15, 0.2) is 0 Å². The Bertz CT molecular complexity index is 634. The summed E-state index contributed by atoms with van der Waals surface area (Å²) >= 11 is 0. The highest BCUT2D eigenvalue weighted by Crippen LogP contribution is 2.22. The molecule has 0 atom stereocenters. The smallest absolute Gasteiger partial charge is 0.224 e. The van der Waals surface area contributed by atoms with Crippen LogP contribution in [0.4, 0.5) is 11.4 Å². The zero-order valence-electron chi connectivity index (χ0n) is 13.9. The molecule has 0 bridgehead atoms. The average molecular weight is 324 g/mol. The Kier molecular flexibility index (Phi) is 5.72. The molecular formula is C20H24N2O2. The number of carbonyl (C=O) groups is 1. The monoisotopic (exact) mass is 324 g/mol. The van der Waals surface area contributed by atoms with Crippen molar-refractivity contribution in [3.63, 3.8) is 0 Å². The highest BCUT2D eigenvalue weighted by Gasteiger charge is 2.12. The quantitative estimate of drug-likeness (QED) is 0.780. The van der Waals surface area contributed by atoms with Crippen molar-refractivity contribution in [3.8, 4) is 5.75 Å². The Labute approximate surface area is 143 Å². The lowest BCUT2D eigenvalue weighted by Gasteiger charge is -2.17. The Hall–Kier alpha value is -2.49. The van der Waals surface area contributed by atoms with Gasteiger partial charge < -0.3 is 15.0 Å². The van der Waals surface area contributed by atoms with Gasteiger partial charge in [0.05, 0.1) is 6.61 Å². The molecule has 0 radical (unpaired) electrons. The van der Waals surface area contributed by atoms with Crippen LogP contribution in [0.25, 0.3) is 0 Å². The molecule has 0 unspecified atom stereocenters. The molecule has 2 aromatic rings. The van der Waals surface area contributed by atoms with E-state index in [4.69, 9.17) is 4.74 Å². The molecule has 1 amide bonds. The molecule has 126 valence electrons. The largest absolute Gasteiger partial charge is 0.494 e. The summed E-state index contributed by atoms with van der Waals surface area (Å²) in [7, 11) is 0. The molecule has 0 spiro atoms. The van der Waals surface area contributed by atoms with Crippen molar-refractivity contribution in [1.82, 2.24) is 0 Å². The van der Waals surface area contributed by atoms with E-state index in [-0.39, 0.29) is 5.91 Å². The molecule has 1 aliphatic heterocycles. The van der Waals surface area contributed by atoms with Crippen LogP contribution in [-0.4, -0.2) is 25.6 Å². The fourth-order valence-corrected chi connectivity index (χ4v) is 2.89. The highest BCUT2D eigenvalue weighted by atomic mass is 16.5. The molecule has 0 saturated carbocycles. The molecule has 1 fully saturated rings. The maximum atomic E-state index is 12.0. The molecule has 1 saturated heterocycles. The maximum Gasteiger partial charge on any atom is 0.224 e. The summed E-state index contributed by atoms with van der Waals surface area (Å²) in [5, 5.41) is 2.95. The van der Waals surface area contributed by atoms with E-state index in [0.29, 0.717) is 19.4 Å². The predicted molar refractivity (Wildman–Crippen MR) is 97.7 cm³/mol. The van der Waals surface area contributed by atoms with Crippen LogP contribution in [0.15, 0.2) is 54.6 Å². The van der Waals surface area contributed by atoms with Gasteiger partial charge in [-0.2, -0.15) is 0 Å². The van der Waals surface area contributed by atoms with Crippen LogP contribution in [0.1, 0.15) is 25.7 Å². The summed E-state index contributed by atoms with van der Waals surface area (Å²) in [4.78, 5) is 14.4. The number of hydrogen-bond donors (Lipinski definition) is 1. The van der Waals surface area contributed by atoms with Crippen LogP contribution in [0, 0.1) is 0 Å². The molecule has 0 aromatic heterocycles. The summed E-state index contributed by atoms with van der Waals surface area (Å²) in [6.45, 7) is 2.81. The van der Waals surface area contributed by atoms with E-state index in [1.807, 2.05) is 42.5 Å². The Morgan fingerprint density at radius 3 is 2.42 bits per heavy atom. The minimum Gasteiger partial charge on any atom is -0.494 e. The van der Waals surface area contributed by atoms with E-state index >= 15 is 0 Å². The first-order valence-electron chi connectivity index (χ1n) is 8.64. The van der Waals surface area contributed by atoms with E-state index < -0.39 is 0 Å². The van der Waals surface area contributed by atoms with Crippen molar-refractivity contribution in [1.29, 1.82) is 0 Å². The van der Waals surface area contributed by atoms with Crippen LogP contribution >= 0.6 is 0 Å². The van der Waals surface area contributed by atoms with Gasteiger partial charge in [0.2, 0.25) is 5.91 Å². The summed E-state index contributed by atoms with van der Waals surface area (Å²) in [6, 6.07) is 17.8. The van der Waals surface area contributed by atoms with Gasteiger partial charge in [-0.3, -0.25) is 4.79 Å². The molecule has 4 nitrogen and oxygen atoms in total. The number of para-hydroxylation sites is 1. The molecule has 24 heavy (non-hydrogen) atoms. The van der Waals surface area contributed by atoms with Crippen molar-refractivity contribution in [3.05, 3.63) is 54.6 Å². The van der Waals surface area contributed by atoms with Gasteiger partial charge in [-0.1, -0.05) is 18.2 Å². The highest BCUT2D eigenvalue weighted by molar-refractivity contribution is 5.90. The van der Waals surface area contributed by atoms with Gasteiger partial charge in [0, 0.05) is 30.9 Å². The number of benzene rings is 2. The second kappa shape index (κ2) is 8.39. The number of anilines is 2. The minimum absolute atomic E-state index is 0.0283. The van der Waals surface area contributed by atoms with E-state index in [9.17, 15) is 4.79 Å². The number of nitrogens with one attached hydrogen (secondary N) is 1. The normalized spacial score (nSPS) is 13.8. The van der Waals surface area contributed by atoms with Crippen molar-refractivity contribution in [2.24, 2.45) is 0 Å². The number of carbonyl (C=O) groups excluding carboxylic acids is 1. The lowest BCUT2D eigenvalue weighted by atomic mass is 10.2. The first-order chi connectivity index (χ1) is 11.8. The Morgan fingerprint density at radius 1 is 1.00 bits per heavy atom. The number of rotatable bonds is 7. The number of nitrogens with zero attached hydrogens (tertiary/aromatic N) is 1. The third-order valence-corrected chi connectivity index (χ3v) is 4.18. The van der Waals surface area contributed by atoms with E-state index in [0.717, 1.165) is 24.5 Å². The fourth-order valence-electron chi connectivity index (χ4n) is 2.89. The van der Waals surface area contributed by atoms with Crippen molar-refractivity contribution in [2.75, 3.05) is 29.9 Å². The third-order valence-electron chi connectivity index (χ3n) is 4.18. The topological polar surface area (TPSA) is 41.6 Å². The summed E-state index contributed by atoms with van der Waals surface area (Å²) in [5.74, 6) is 0.871. The molecule has 4 heteroatoms. The fraction of sp³-hybridized carbons (Fsp3) is 0.350. The van der Waals surface area contributed by atoms with Crippen LogP contribution in [0.5, 0.6) is 5.75 Å². The van der Waals surface area contributed by atoms with E-state index in [2.05, 4.69) is 22.3 Å². The summed E-state index contributed by atoms with van der Waals surface area (Å²) in [6.07, 6.45) is 3.69. The average Bonchev–Trinajstić information content (AvgIpc) is 3.15. The first-order valence-corrected chi connectivity index (χ1v) is 8.64. The van der Waals surface area contributed by atoms with Crippen molar-refractivity contribution in [2.45, 2.75) is 25.7 Å². The Balaban J connectivity index is 1.38. The first kappa shape index (κ1) is 16.4. The van der Waals surface area contributed by atoms with Crippen LogP contribution < -0.4 is 15.0 Å². The number of hydrogen-bond acceptors (Lipinski definition) is 3. The Morgan fingerprint density at radius 2 is 1.71 bits per heavy atom. The second-order valence-corrected chi connectivity index (χ2v) is 6.05. The van der Waals surface area contributed by atoms with Gasteiger partial charge in [-0.25, -0.2) is 0 Å². The van der Waals surface area contributed by atoms with Gasteiger partial charge >= 0.3 is 0 Å².